The molecule has 1 fully saturated rings. The fraction of sp³-hybridized carbons (Fsp3) is 0.133. The molecule has 10 aromatic rings. The van der Waals surface area contributed by atoms with E-state index in [4.69, 9.17) is 15.0 Å². The van der Waals surface area contributed by atoms with Crippen LogP contribution in [0.25, 0.3) is 55.3 Å². The molecule has 15 rings (SSSR count). The van der Waals surface area contributed by atoms with Crippen LogP contribution in [-0.4, -0.2) is 32.3 Å². The van der Waals surface area contributed by atoms with E-state index in [1.165, 1.54) is 61.3 Å². The van der Waals surface area contributed by atoms with E-state index in [0.29, 0.717) is 0 Å². The summed E-state index contributed by atoms with van der Waals surface area (Å²) in [7, 11) is 0. The average molecular weight is 877 g/mol. The van der Waals surface area contributed by atoms with E-state index >= 15 is 0 Å². The van der Waals surface area contributed by atoms with Crippen LogP contribution in [0.1, 0.15) is 74.9 Å². The molecule has 0 amide bonds. The molecule has 1 spiro atoms. The van der Waals surface area contributed by atoms with Gasteiger partial charge in [-0.2, -0.15) is 0 Å². The highest BCUT2D eigenvalue weighted by molar-refractivity contribution is 6.14. The highest BCUT2D eigenvalue weighted by atomic mass is 15.5. The van der Waals surface area contributed by atoms with Gasteiger partial charge in [-0.1, -0.05) is 146 Å². The largest absolute Gasteiger partial charge is 0.339 e. The molecule has 2 aliphatic heterocycles. The van der Waals surface area contributed by atoms with Crippen molar-refractivity contribution in [2.45, 2.75) is 48.8 Å². The Morgan fingerprint density at radius 2 is 1.24 bits per heavy atom. The first kappa shape index (κ1) is 38.2. The van der Waals surface area contributed by atoms with Crippen molar-refractivity contribution in [2.24, 2.45) is 0 Å². The number of pyridine rings is 2. The first-order valence-electron chi connectivity index (χ1n) is 23.8. The molecule has 3 aliphatic carbocycles. The van der Waals surface area contributed by atoms with Crippen LogP contribution in [0.3, 0.4) is 0 Å². The summed E-state index contributed by atoms with van der Waals surface area (Å²) in [5.74, 6) is 0.214. The Balaban J connectivity index is 0.896. The van der Waals surface area contributed by atoms with E-state index < -0.39 is 5.41 Å². The lowest BCUT2D eigenvalue weighted by atomic mass is 9.65. The number of anilines is 1. The summed E-state index contributed by atoms with van der Waals surface area (Å²) in [6.45, 7) is 0. The highest BCUT2D eigenvalue weighted by Gasteiger charge is 2.53. The topological polar surface area (TPSA) is 90.9 Å². The van der Waals surface area contributed by atoms with Crippen LogP contribution in [0.15, 0.2) is 195 Å². The van der Waals surface area contributed by atoms with Gasteiger partial charge >= 0.3 is 0 Å². The average Bonchev–Trinajstić information content (AvgIpc) is 3.91. The van der Waals surface area contributed by atoms with Gasteiger partial charge in [-0.3, -0.25) is 25.9 Å². The summed E-state index contributed by atoms with van der Waals surface area (Å²) >= 11 is 0. The Kier molecular flexibility index (Phi) is 8.19. The quantitative estimate of drug-likeness (QED) is 0.151. The van der Waals surface area contributed by atoms with Crippen molar-refractivity contribution in [1.29, 1.82) is 0 Å². The summed E-state index contributed by atoms with van der Waals surface area (Å²) in [6.07, 6.45) is 7.43. The fourth-order valence-electron chi connectivity index (χ4n) is 12.9. The second-order valence-corrected chi connectivity index (χ2v) is 19.0. The zero-order valence-corrected chi connectivity index (χ0v) is 37.0. The SMILES string of the molecule is c1ccc(C2NC(c3ccccc3)NC(N3c4ccc(-c5ccc6nc7c8c(nccc8c6c5)-c5ncncc5C75c6ccccc6-c6ccccc65)cc4C4c5ccccc5CCC43)N2)cc1. The first-order chi connectivity index (χ1) is 33.7. The summed E-state index contributed by atoms with van der Waals surface area (Å²) in [5.41, 5.74) is 19.1. The molecule has 5 heterocycles. The van der Waals surface area contributed by atoms with Crippen molar-refractivity contribution >= 4 is 27.4 Å². The maximum absolute atomic E-state index is 5.73. The molecular formula is C60H44N8. The molecule has 0 saturated carbocycles. The zero-order chi connectivity index (χ0) is 44.5. The van der Waals surface area contributed by atoms with Crippen molar-refractivity contribution in [3.63, 3.8) is 0 Å². The van der Waals surface area contributed by atoms with Crippen LogP contribution in [0.4, 0.5) is 5.69 Å². The van der Waals surface area contributed by atoms with E-state index in [9.17, 15) is 0 Å². The molecule has 8 nitrogen and oxygen atoms in total. The molecule has 5 aliphatic rings. The molecular weight excluding hydrogens is 833 g/mol. The second kappa shape index (κ2) is 14.6. The molecule has 0 radical (unpaired) electrons. The minimum absolute atomic E-state index is 0.0585. The maximum Gasteiger partial charge on any atom is 0.138 e. The number of hydrogen-bond acceptors (Lipinski definition) is 8. The van der Waals surface area contributed by atoms with E-state index in [0.717, 1.165) is 62.7 Å². The molecule has 324 valence electrons. The zero-order valence-electron chi connectivity index (χ0n) is 37.0. The van der Waals surface area contributed by atoms with Crippen molar-refractivity contribution in [1.82, 2.24) is 35.9 Å². The summed E-state index contributed by atoms with van der Waals surface area (Å²) < 4.78 is 0. The summed E-state index contributed by atoms with van der Waals surface area (Å²) in [6, 6.07) is 64.7. The minimum atomic E-state index is -0.704. The van der Waals surface area contributed by atoms with Crippen molar-refractivity contribution < 1.29 is 0 Å². The Hall–Kier alpha value is -7.88. The normalized spacial score (nSPS) is 21.2. The number of nitrogens with zero attached hydrogens (tertiary/aromatic N) is 5. The molecule has 7 aromatic carbocycles. The fourth-order valence-corrected chi connectivity index (χ4v) is 12.9. The lowest BCUT2D eigenvalue weighted by molar-refractivity contribution is 0.187. The van der Waals surface area contributed by atoms with E-state index in [1.54, 1.807) is 6.33 Å². The monoisotopic (exact) mass is 876 g/mol. The number of fused-ring (bicyclic) bond motifs is 16. The van der Waals surface area contributed by atoms with Crippen LogP contribution in [-0.2, 0) is 11.8 Å². The van der Waals surface area contributed by atoms with Gasteiger partial charge < -0.3 is 4.90 Å². The van der Waals surface area contributed by atoms with Gasteiger partial charge in [0.15, 0.2) is 0 Å². The first-order valence-corrected chi connectivity index (χ1v) is 23.8. The molecule has 8 heteroatoms. The van der Waals surface area contributed by atoms with Gasteiger partial charge in [0.2, 0.25) is 0 Å². The van der Waals surface area contributed by atoms with Crippen molar-refractivity contribution in [2.75, 3.05) is 4.90 Å². The Bertz CT molecular complexity index is 3590. The molecule has 68 heavy (non-hydrogen) atoms. The van der Waals surface area contributed by atoms with Crippen LogP contribution < -0.4 is 20.9 Å². The van der Waals surface area contributed by atoms with Crippen LogP contribution in [0.5, 0.6) is 0 Å². The van der Waals surface area contributed by atoms with Gasteiger partial charge in [0, 0.05) is 46.4 Å². The van der Waals surface area contributed by atoms with Gasteiger partial charge in [0.05, 0.1) is 40.3 Å². The Morgan fingerprint density at radius 1 is 0.559 bits per heavy atom. The molecule has 3 aromatic heterocycles. The van der Waals surface area contributed by atoms with Crippen LogP contribution >= 0.6 is 0 Å². The van der Waals surface area contributed by atoms with Crippen molar-refractivity contribution in [3.8, 4) is 33.6 Å². The Morgan fingerprint density at radius 3 is 2.00 bits per heavy atom. The summed E-state index contributed by atoms with van der Waals surface area (Å²) in [5, 5.41) is 15.2. The number of rotatable bonds is 4. The lowest BCUT2D eigenvalue weighted by Gasteiger charge is -2.47. The van der Waals surface area contributed by atoms with E-state index in [1.807, 2.05) is 12.4 Å². The number of aromatic nitrogens is 4. The smallest absolute Gasteiger partial charge is 0.138 e. The third-order valence-corrected chi connectivity index (χ3v) is 15.7. The third-order valence-electron chi connectivity index (χ3n) is 15.7. The standard InChI is InChI=1S/C60H44N8/c1-3-14-36(15-4-1)57-65-58(37-16-5-2-6-17-37)67-59(66-57)68-50-27-25-39(32-45(50)52-40-18-8-7-13-35(40)24-28-51(52)68)38-23-26-49-44(31-38)43-29-30-62-55-53(43)56(64-49)60(48-33-61-34-63-54(48)55)46-21-11-9-19-41(46)42-20-10-12-22-47(42)60/h1-23,25-27,29-34,51-52,57-59,65-67H,24,28H2. The van der Waals surface area contributed by atoms with Gasteiger partial charge in [-0.15, -0.1) is 0 Å². The highest BCUT2D eigenvalue weighted by Crippen LogP contribution is 2.61. The molecule has 0 bridgehead atoms. The number of benzene rings is 7. The van der Waals surface area contributed by atoms with Gasteiger partial charge in [0.1, 0.15) is 12.6 Å². The van der Waals surface area contributed by atoms with Gasteiger partial charge in [-0.05, 0) is 110 Å². The third kappa shape index (κ3) is 5.30. The number of aryl methyl sites for hydroxylation is 1. The van der Waals surface area contributed by atoms with Crippen LogP contribution in [0.2, 0.25) is 0 Å². The lowest BCUT2D eigenvalue weighted by Crippen LogP contribution is -2.67. The summed E-state index contributed by atoms with van der Waals surface area (Å²) in [4.78, 5) is 23.1. The van der Waals surface area contributed by atoms with Gasteiger partial charge in [0.25, 0.3) is 0 Å². The molecule has 3 N–H and O–H groups in total. The van der Waals surface area contributed by atoms with Crippen LogP contribution in [0, 0.1) is 0 Å². The van der Waals surface area contributed by atoms with E-state index in [-0.39, 0.29) is 30.6 Å². The molecule has 4 unspecified atom stereocenters. The Labute approximate surface area is 393 Å². The predicted molar refractivity (Wildman–Crippen MR) is 269 cm³/mol. The van der Waals surface area contributed by atoms with E-state index in [2.05, 4.69) is 202 Å². The van der Waals surface area contributed by atoms with Gasteiger partial charge in [-0.25, -0.2) is 9.97 Å². The predicted octanol–water partition coefficient (Wildman–Crippen LogP) is 11.3. The molecule has 1 saturated heterocycles. The minimum Gasteiger partial charge on any atom is -0.339 e. The number of nitrogens with one attached hydrogen (secondary N) is 3. The number of hydrogen-bond donors (Lipinski definition) is 3. The molecule has 4 atom stereocenters. The maximum atomic E-state index is 5.73. The second-order valence-electron chi connectivity index (χ2n) is 19.0. The van der Waals surface area contributed by atoms with Crippen molar-refractivity contribution in [3.05, 3.63) is 245 Å².